The fraction of sp³-hybridized carbons (Fsp3) is 0.136. The fourth-order valence-electron chi connectivity index (χ4n) is 3.03. The van der Waals surface area contributed by atoms with E-state index in [9.17, 15) is 14.7 Å². The van der Waals surface area contributed by atoms with Crippen molar-refractivity contribution in [3.63, 3.8) is 0 Å². The molecular formula is C22H17Cl2N3O4. The maximum absolute atomic E-state index is 12.6. The molecule has 1 heterocycles. The van der Waals surface area contributed by atoms with Crippen molar-refractivity contribution in [1.29, 1.82) is 5.26 Å². The minimum absolute atomic E-state index is 0.0245. The van der Waals surface area contributed by atoms with Crippen LogP contribution < -0.4 is 5.32 Å². The number of nitrogens with one attached hydrogen (secondary N) is 1. The van der Waals surface area contributed by atoms with Crippen LogP contribution >= 0.6 is 23.2 Å². The van der Waals surface area contributed by atoms with Crippen LogP contribution in [0.2, 0.25) is 10.2 Å². The van der Waals surface area contributed by atoms with Gasteiger partial charge < -0.3 is 15.2 Å². The monoisotopic (exact) mass is 457 g/mol. The number of para-hydroxylation sites is 1. The van der Waals surface area contributed by atoms with Crippen molar-refractivity contribution in [2.24, 2.45) is 0 Å². The second-order valence-electron chi connectivity index (χ2n) is 6.35. The molecule has 0 bridgehead atoms. The largest absolute Gasteiger partial charge is 0.506 e. The molecule has 9 heteroatoms. The number of phenols is 1. The highest BCUT2D eigenvalue weighted by molar-refractivity contribution is 6.32. The third kappa shape index (κ3) is 4.66. The molecule has 2 aromatic carbocycles. The molecule has 1 aromatic heterocycles. The molecule has 31 heavy (non-hydrogen) atoms. The fourth-order valence-corrected chi connectivity index (χ4v) is 3.50. The van der Waals surface area contributed by atoms with Gasteiger partial charge in [-0.15, -0.1) is 0 Å². The normalized spacial score (nSPS) is 10.4. The highest BCUT2D eigenvalue weighted by Gasteiger charge is 2.24. The number of benzene rings is 2. The van der Waals surface area contributed by atoms with Gasteiger partial charge in [0.1, 0.15) is 17.3 Å². The number of nitriles is 1. The molecule has 2 N–H and O–H groups in total. The van der Waals surface area contributed by atoms with E-state index in [4.69, 9.17) is 33.2 Å². The number of anilines is 1. The Morgan fingerprint density at radius 2 is 1.90 bits per heavy atom. The summed E-state index contributed by atoms with van der Waals surface area (Å²) in [5.74, 6) is -1.29. The third-order valence-corrected chi connectivity index (χ3v) is 4.94. The van der Waals surface area contributed by atoms with Gasteiger partial charge in [-0.2, -0.15) is 5.26 Å². The Hall–Kier alpha value is -3.47. The molecule has 7 nitrogen and oxygen atoms in total. The number of rotatable bonds is 6. The number of ether oxygens (including phenoxy) is 1. The maximum Gasteiger partial charge on any atom is 0.357 e. The van der Waals surface area contributed by atoms with Gasteiger partial charge in [0.15, 0.2) is 5.69 Å². The van der Waals surface area contributed by atoms with Crippen molar-refractivity contribution >= 4 is 40.8 Å². The number of esters is 1. The summed E-state index contributed by atoms with van der Waals surface area (Å²) in [7, 11) is 0. The molecule has 3 rings (SSSR count). The predicted octanol–water partition coefficient (Wildman–Crippen LogP) is 5.19. The first kappa shape index (κ1) is 22.2. The number of hydrogen-bond acceptors (Lipinski definition) is 5. The maximum atomic E-state index is 12.6. The summed E-state index contributed by atoms with van der Waals surface area (Å²) in [6.45, 7) is 1.78. The molecule has 0 aliphatic carbocycles. The summed E-state index contributed by atoms with van der Waals surface area (Å²) in [4.78, 5) is 24.5. The first-order chi connectivity index (χ1) is 14.9. The molecule has 0 saturated heterocycles. The average molecular weight is 458 g/mol. The van der Waals surface area contributed by atoms with E-state index in [2.05, 4.69) is 5.32 Å². The van der Waals surface area contributed by atoms with Crippen LogP contribution in [0.15, 0.2) is 48.5 Å². The van der Waals surface area contributed by atoms with Crippen LogP contribution in [0.5, 0.6) is 5.75 Å². The van der Waals surface area contributed by atoms with Gasteiger partial charge >= 0.3 is 5.97 Å². The molecule has 0 radical (unpaired) electrons. The lowest BCUT2D eigenvalue weighted by atomic mass is 10.0. The van der Waals surface area contributed by atoms with E-state index >= 15 is 0 Å². The minimum Gasteiger partial charge on any atom is -0.506 e. The standard InChI is InChI=1S/C22H17Cl2N3O4/c1-2-31-22(30)20-17(26-19(28)10-11-25)12-18(24)27(20)14-8-6-13(7-9-14)15-4-3-5-16(23)21(15)29/h3-9,12,29H,2,10H2,1H3,(H,26,28). The van der Waals surface area contributed by atoms with Crippen LogP contribution in [0.25, 0.3) is 16.8 Å². The van der Waals surface area contributed by atoms with Crippen molar-refractivity contribution in [3.8, 4) is 28.6 Å². The highest BCUT2D eigenvalue weighted by Crippen LogP contribution is 2.36. The smallest absolute Gasteiger partial charge is 0.357 e. The second kappa shape index (κ2) is 9.56. The van der Waals surface area contributed by atoms with Crippen molar-refractivity contribution in [1.82, 2.24) is 4.57 Å². The van der Waals surface area contributed by atoms with Crippen LogP contribution in [0, 0.1) is 11.3 Å². The Morgan fingerprint density at radius 3 is 2.55 bits per heavy atom. The number of carbonyl (C=O) groups is 2. The highest BCUT2D eigenvalue weighted by atomic mass is 35.5. The van der Waals surface area contributed by atoms with E-state index in [-0.39, 0.29) is 40.3 Å². The summed E-state index contributed by atoms with van der Waals surface area (Å²) >= 11 is 12.4. The molecule has 0 spiro atoms. The Morgan fingerprint density at radius 1 is 1.19 bits per heavy atom. The summed E-state index contributed by atoms with van der Waals surface area (Å²) in [5, 5.41) is 21.8. The Bertz CT molecular complexity index is 1180. The quantitative estimate of drug-likeness (QED) is 0.495. The van der Waals surface area contributed by atoms with Crippen molar-refractivity contribution in [3.05, 3.63) is 64.4 Å². The lowest BCUT2D eigenvalue weighted by Gasteiger charge is -2.13. The summed E-state index contributed by atoms with van der Waals surface area (Å²) in [5.41, 5.74) is 1.94. The van der Waals surface area contributed by atoms with Gasteiger partial charge in [-0.05, 0) is 36.8 Å². The van der Waals surface area contributed by atoms with Gasteiger partial charge in [-0.1, -0.05) is 47.5 Å². The molecule has 0 aliphatic rings. The van der Waals surface area contributed by atoms with E-state index in [0.717, 1.165) is 0 Å². The summed E-state index contributed by atoms with van der Waals surface area (Å²) in [6.07, 6.45) is -0.372. The first-order valence-corrected chi connectivity index (χ1v) is 9.96. The van der Waals surface area contributed by atoms with Gasteiger partial charge in [-0.25, -0.2) is 4.79 Å². The van der Waals surface area contributed by atoms with Crippen LogP contribution in [-0.2, 0) is 9.53 Å². The van der Waals surface area contributed by atoms with Crippen LogP contribution in [0.1, 0.15) is 23.8 Å². The van der Waals surface area contributed by atoms with E-state index in [1.165, 1.54) is 10.6 Å². The molecule has 0 saturated carbocycles. The molecule has 0 aliphatic heterocycles. The Labute approximate surface area is 188 Å². The van der Waals surface area contributed by atoms with E-state index < -0.39 is 11.9 Å². The molecule has 0 fully saturated rings. The van der Waals surface area contributed by atoms with Gasteiger partial charge in [0.25, 0.3) is 0 Å². The second-order valence-corrected chi connectivity index (χ2v) is 7.15. The summed E-state index contributed by atoms with van der Waals surface area (Å²) in [6, 6.07) is 15.1. The number of amides is 1. The number of aromatic hydroxyl groups is 1. The topological polar surface area (TPSA) is 104 Å². The minimum atomic E-state index is -0.682. The third-order valence-electron chi connectivity index (χ3n) is 4.36. The van der Waals surface area contributed by atoms with Crippen LogP contribution in [-0.4, -0.2) is 28.2 Å². The number of halogens is 2. The molecular weight excluding hydrogens is 441 g/mol. The Balaban J connectivity index is 2.06. The number of nitrogens with zero attached hydrogens (tertiary/aromatic N) is 2. The summed E-state index contributed by atoms with van der Waals surface area (Å²) < 4.78 is 6.56. The Kier molecular flexibility index (Phi) is 6.85. The lowest BCUT2D eigenvalue weighted by molar-refractivity contribution is -0.115. The van der Waals surface area contributed by atoms with Crippen molar-refractivity contribution in [2.45, 2.75) is 13.3 Å². The predicted molar refractivity (Wildman–Crippen MR) is 118 cm³/mol. The zero-order valence-electron chi connectivity index (χ0n) is 16.4. The molecule has 0 unspecified atom stereocenters. The van der Waals surface area contributed by atoms with Crippen molar-refractivity contribution < 1.29 is 19.4 Å². The lowest BCUT2D eigenvalue weighted by Crippen LogP contribution is -2.17. The number of aromatic nitrogens is 1. The van der Waals surface area contributed by atoms with Gasteiger partial charge in [-0.3, -0.25) is 9.36 Å². The zero-order chi connectivity index (χ0) is 22.5. The van der Waals surface area contributed by atoms with Gasteiger partial charge in [0.05, 0.1) is 23.4 Å². The molecule has 0 atom stereocenters. The van der Waals surface area contributed by atoms with Gasteiger partial charge in [0.2, 0.25) is 5.91 Å². The number of carbonyl (C=O) groups excluding carboxylic acids is 2. The first-order valence-electron chi connectivity index (χ1n) is 9.20. The van der Waals surface area contributed by atoms with Crippen LogP contribution in [0.3, 0.4) is 0 Å². The molecule has 3 aromatic rings. The number of hydrogen-bond donors (Lipinski definition) is 2. The van der Waals surface area contributed by atoms with E-state index in [1.807, 2.05) is 0 Å². The zero-order valence-corrected chi connectivity index (χ0v) is 17.9. The van der Waals surface area contributed by atoms with E-state index in [0.29, 0.717) is 16.8 Å². The SMILES string of the molecule is CCOC(=O)c1c(NC(=O)CC#N)cc(Cl)n1-c1ccc(-c2cccc(Cl)c2O)cc1. The average Bonchev–Trinajstić information content (AvgIpc) is 3.06. The van der Waals surface area contributed by atoms with Crippen LogP contribution in [0.4, 0.5) is 5.69 Å². The van der Waals surface area contributed by atoms with Crippen molar-refractivity contribution in [2.75, 3.05) is 11.9 Å². The molecule has 158 valence electrons. The van der Waals surface area contributed by atoms with Gasteiger partial charge in [0, 0.05) is 11.3 Å². The van der Waals surface area contributed by atoms with E-state index in [1.54, 1.807) is 55.5 Å². The number of phenolic OH excluding ortho intramolecular Hbond substituents is 1. The molecule has 1 amide bonds.